The lowest BCUT2D eigenvalue weighted by Crippen LogP contribution is -2.46. The quantitative estimate of drug-likeness (QED) is 0.331. The zero-order valence-electron chi connectivity index (χ0n) is 17.7. The summed E-state index contributed by atoms with van der Waals surface area (Å²) in [6.07, 6.45) is 7.88. The van der Waals surface area contributed by atoms with Crippen molar-refractivity contribution in [2.75, 3.05) is 33.9 Å². The van der Waals surface area contributed by atoms with E-state index in [1.807, 2.05) is 13.1 Å². The van der Waals surface area contributed by atoms with E-state index in [9.17, 15) is 4.39 Å². The lowest BCUT2D eigenvalue weighted by Gasteiger charge is -2.34. The van der Waals surface area contributed by atoms with Gasteiger partial charge in [-0.3, -0.25) is 4.99 Å². The van der Waals surface area contributed by atoms with Gasteiger partial charge in [0.05, 0.1) is 12.7 Å². The van der Waals surface area contributed by atoms with Crippen molar-refractivity contribution in [3.05, 3.63) is 35.1 Å². The number of nitrogens with one attached hydrogen (secondary N) is 1. The van der Waals surface area contributed by atoms with Crippen LogP contribution in [0, 0.1) is 11.7 Å². The Labute approximate surface area is 191 Å². The molecule has 0 bridgehead atoms. The van der Waals surface area contributed by atoms with Crippen LogP contribution < -0.4 is 5.32 Å². The maximum absolute atomic E-state index is 13.8. The molecule has 164 valence electrons. The highest BCUT2D eigenvalue weighted by Gasteiger charge is 2.23. The number of methoxy groups -OCH3 is 1. The number of guanidine groups is 1. The highest BCUT2D eigenvalue weighted by molar-refractivity contribution is 14.0. The van der Waals surface area contributed by atoms with Gasteiger partial charge in [-0.1, -0.05) is 18.9 Å². The molecule has 1 aromatic rings. The molecule has 1 aliphatic heterocycles. The minimum absolute atomic E-state index is 0. The van der Waals surface area contributed by atoms with Crippen molar-refractivity contribution in [2.24, 2.45) is 10.9 Å². The van der Waals surface area contributed by atoms with Crippen molar-refractivity contribution in [3.63, 3.8) is 0 Å². The molecule has 1 aliphatic carbocycles. The maximum atomic E-state index is 13.8. The van der Waals surface area contributed by atoms with Crippen molar-refractivity contribution >= 4 is 29.9 Å². The molecule has 1 heterocycles. The Balaban J connectivity index is 0.00000300. The second-order valence-electron chi connectivity index (χ2n) is 7.93. The smallest absolute Gasteiger partial charge is 0.193 e. The number of nitrogens with zero attached hydrogens (tertiary/aromatic N) is 2. The van der Waals surface area contributed by atoms with E-state index in [0.29, 0.717) is 18.2 Å². The fraction of sp³-hybridized carbons (Fsp3) is 0.682. The van der Waals surface area contributed by atoms with Gasteiger partial charge < -0.3 is 19.7 Å². The third-order valence-electron chi connectivity index (χ3n) is 5.86. The summed E-state index contributed by atoms with van der Waals surface area (Å²) < 4.78 is 25.0. The fourth-order valence-electron chi connectivity index (χ4n) is 4.20. The molecule has 29 heavy (non-hydrogen) atoms. The Kier molecular flexibility index (Phi) is 10.7. The van der Waals surface area contributed by atoms with Gasteiger partial charge in [0.25, 0.3) is 0 Å². The van der Waals surface area contributed by atoms with Crippen molar-refractivity contribution in [3.8, 4) is 0 Å². The summed E-state index contributed by atoms with van der Waals surface area (Å²) in [5.41, 5.74) is 1.60. The molecule has 2 aliphatic rings. The first kappa shape index (κ1) is 24.3. The van der Waals surface area contributed by atoms with Gasteiger partial charge in [0, 0.05) is 46.0 Å². The van der Waals surface area contributed by atoms with Crippen LogP contribution in [0.4, 0.5) is 4.39 Å². The van der Waals surface area contributed by atoms with Crippen LogP contribution in [0.5, 0.6) is 0 Å². The lowest BCUT2D eigenvalue weighted by molar-refractivity contribution is 0.00101. The molecule has 2 fully saturated rings. The van der Waals surface area contributed by atoms with Crippen LogP contribution in [0.1, 0.15) is 49.7 Å². The van der Waals surface area contributed by atoms with E-state index in [4.69, 9.17) is 9.47 Å². The predicted molar refractivity (Wildman–Crippen MR) is 125 cm³/mol. The summed E-state index contributed by atoms with van der Waals surface area (Å²) in [4.78, 5) is 6.72. The second-order valence-corrected chi connectivity index (χ2v) is 7.93. The zero-order valence-corrected chi connectivity index (χ0v) is 20.0. The van der Waals surface area contributed by atoms with Crippen molar-refractivity contribution < 1.29 is 13.9 Å². The van der Waals surface area contributed by atoms with Crippen molar-refractivity contribution in [2.45, 2.75) is 57.8 Å². The van der Waals surface area contributed by atoms with E-state index in [-0.39, 0.29) is 36.4 Å². The Bertz CT molecular complexity index is 645. The number of hydrogen-bond acceptors (Lipinski definition) is 3. The van der Waals surface area contributed by atoms with Crippen LogP contribution in [-0.4, -0.2) is 50.8 Å². The van der Waals surface area contributed by atoms with Gasteiger partial charge in [0.15, 0.2) is 5.96 Å². The van der Waals surface area contributed by atoms with Crippen LogP contribution in [-0.2, 0) is 22.6 Å². The van der Waals surface area contributed by atoms with Gasteiger partial charge in [-0.15, -0.1) is 24.0 Å². The van der Waals surface area contributed by atoms with E-state index in [0.717, 1.165) is 50.0 Å². The summed E-state index contributed by atoms with van der Waals surface area (Å²) in [6.45, 7) is 3.73. The number of rotatable bonds is 7. The SMILES string of the molecule is CN=C(NCc1ccc(F)c(COC)c1)N1CCC(OCC2CCCC2)CC1.I. The Morgan fingerprint density at radius 1 is 1.21 bits per heavy atom. The zero-order chi connectivity index (χ0) is 19.8. The largest absolute Gasteiger partial charge is 0.380 e. The molecule has 1 saturated carbocycles. The number of benzene rings is 1. The fourth-order valence-corrected chi connectivity index (χ4v) is 4.20. The third kappa shape index (κ3) is 7.36. The summed E-state index contributed by atoms with van der Waals surface area (Å²) in [6, 6.07) is 5.15. The van der Waals surface area contributed by atoms with Crippen LogP contribution >= 0.6 is 24.0 Å². The van der Waals surface area contributed by atoms with Gasteiger partial charge in [-0.05, 0) is 49.3 Å². The van der Waals surface area contributed by atoms with E-state index >= 15 is 0 Å². The number of likely N-dealkylation sites (tertiary alicyclic amines) is 1. The molecular weight excluding hydrogens is 484 g/mol. The average molecular weight is 519 g/mol. The third-order valence-corrected chi connectivity index (χ3v) is 5.86. The molecule has 0 spiro atoms. The topological polar surface area (TPSA) is 46.1 Å². The highest BCUT2D eigenvalue weighted by atomic mass is 127. The number of aliphatic imine (C=N–C) groups is 1. The molecule has 0 unspecified atom stereocenters. The van der Waals surface area contributed by atoms with E-state index in [2.05, 4.69) is 15.2 Å². The first-order chi connectivity index (χ1) is 13.7. The van der Waals surface area contributed by atoms with Crippen molar-refractivity contribution in [1.29, 1.82) is 0 Å². The first-order valence-corrected chi connectivity index (χ1v) is 10.5. The molecule has 0 atom stereocenters. The number of hydrogen-bond donors (Lipinski definition) is 1. The second kappa shape index (κ2) is 12.7. The highest BCUT2D eigenvalue weighted by Crippen LogP contribution is 2.26. The summed E-state index contributed by atoms with van der Waals surface area (Å²) in [5, 5.41) is 3.41. The molecular formula is C22H35FIN3O2. The number of halogens is 2. The molecule has 1 aromatic carbocycles. The van der Waals surface area contributed by atoms with Crippen LogP contribution in [0.15, 0.2) is 23.2 Å². The van der Waals surface area contributed by atoms with Crippen LogP contribution in [0.2, 0.25) is 0 Å². The van der Waals surface area contributed by atoms with Gasteiger partial charge >= 0.3 is 0 Å². The molecule has 3 rings (SSSR count). The summed E-state index contributed by atoms with van der Waals surface area (Å²) >= 11 is 0. The molecule has 0 aromatic heterocycles. The molecule has 1 N–H and O–H groups in total. The summed E-state index contributed by atoms with van der Waals surface area (Å²) in [7, 11) is 3.39. The van der Waals surface area contributed by atoms with Gasteiger partial charge in [-0.25, -0.2) is 4.39 Å². The lowest BCUT2D eigenvalue weighted by atomic mass is 10.1. The Hall–Kier alpha value is -0.930. The van der Waals surface area contributed by atoms with Gasteiger partial charge in [0.2, 0.25) is 0 Å². The van der Waals surface area contributed by atoms with Crippen LogP contribution in [0.3, 0.4) is 0 Å². The van der Waals surface area contributed by atoms with E-state index < -0.39 is 0 Å². The van der Waals surface area contributed by atoms with E-state index in [1.54, 1.807) is 13.2 Å². The number of ether oxygens (including phenoxy) is 2. The normalized spacial score (nSPS) is 18.7. The van der Waals surface area contributed by atoms with Crippen LogP contribution in [0.25, 0.3) is 0 Å². The molecule has 7 heteroatoms. The van der Waals surface area contributed by atoms with Gasteiger partial charge in [0.1, 0.15) is 5.82 Å². The summed E-state index contributed by atoms with van der Waals surface area (Å²) in [5.74, 6) is 1.45. The minimum atomic E-state index is -0.227. The van der Waals surface area contributed by atoms with Gasteiger partial charge in [-0.2, -0.15) is 0 Å². The molecule has 5 nitrogen and oxygen atoms in total. The Morgan fingerprint density at radius 2 is 1.93 bits per heavy atom. The maximum Gasteiger partial charge on any atom is 0.193 e. The first-order valence-electron chi connectivity index (χ1n) is 10.5. The average Bonchev–Trinajstić information content (AvgIpc) is 3.24. The Morgan fingerprint density at radius 3 is 2.59 bits per heavy atom. The molecule has 0 amide bonds. The predicted octanol–water partition coefficient (Wildman–Crippen LogP) is 4.34. The molecule has 1 saturated heterocycles. The number of piperidine rings is 1. The minimum Gasteiger partial charge on any atom is -0.380 e. The van der Waals surface area contributed by atoms with E-state index in [1.165, 1.54) is 31.7 Å². The standard InChI is InChI=1S/C22H34FN3O2.HI/c1-24-22(25-14-18-7-8-21(23)19(13-18)16-27-2)26-11-9-20(10-12-26)28-15-17-5-3-4-6-17;/h7-8,13,17,20H,3-6,9-12,14-16H2,1-2H3,(H,24,25);1H. The monoisotopic (exact) mass is 519 g/mol. The molecule has 0 radical (unpaired) electrons. The van der Waals surface area contributed by atoms with Crippen molar-refractivity contribution in [1.82, 2.24) is 10.2 Å².